The van der Waals surface area contributed by atoms with Gasteiger partial charge in [-0.3, -0.25) is 14.3 Å². The smallest absolute Gasteiger partial charge is 0.330 e. The average molecular weight is 473 g/mol. The number of hydrogen-bond acceptors (Lipinski definition) is 6. The predicted octanol–water partition coefficient (Wildman–Crippen LogP) is 3.13. The number of H-pyrrole nitrogens is 1. The van der Waals surface area contributed by atoms with Crippen molar-refractivity contribution in [3.63, 3.8) is 0 Å². The molecule has 0 amide bonds. The minimum atomic E-state index is -2.05. The third kappa shape index (κ3) is 6.05. The standard InChI is InChI=1S/C21H40N2O6Si2/c1-15-13-23(19(26)22-18(15)25)17-12-21(10-11-24,29-30(5,6)7)16(28-17)14-27-31(8,9)20(2,3)4/h13,16-17,24H,10-12,14H2,1-9H3,(H,22,25,26)/t16-,17?,21+/m1/s1. The molecule has 1 saturated heterocycles. The van der Waals surface area contributed by atoms with E-state index in [9.17, 15) is 14.7 Å². The lowest BCUT2D eigenvalue weighted by Crippen LogP contribution is -2.52. The summed E-state index contributed by atoms with van der Waals surface area (Å²) in [6.45, 7) is 19.1. The SMILES string of the molecule is Cc1cn(C2C[C@](CCO)(O[Si](C)(C)C)[C@@H](CO[Si](C)(C)C(C)(C)C)O2)c(=O)[nH]c1=O. The van der Waals surface area contributed by atoms with E-state index in [1.165, 1.54) is 10.8 Å². The lowest BCUT2D eigenvalue weighted by molar-refractivity contribution is -0.0791. The van der Waals surface area contributed by atoms with Gasteiger partial charge in [0.15, 0.2) is 16.6 Å². The van der Waals surface area contributed by atoms with E-state index in [2.05, 4.69) is 58.5 Å². The van der Waals surface area contributed by atoms with Crippen molar-refractivity contribution in [3.05, 3.63) is 32.6 Å². The number of aromatic amines is 1. The third-order valence-corrected chi connectivity index (χ3v) is 11.9. The van der Waals surface area contributed by atoms with Crippen LogP contribution < -0.4 is 11.2 Å². The molecule has 1 aliphatic heterocycles. The molecule has 178 valence electrons. The number of aliphatic hydroxyl groups excluding tert-OH is 1. The molecule has 8 nitrogen and oxygen atoms in total. The average Bonchev–Trinajstić information content (AvgIpc) is 2.91. The normalized spacial score (nSPS) is 25.2. The fourth-order valence-corrected chi connectivity index (χ4v) is 6.20. The van der Waals surface area contributed by atoms with Gasteiger partial charge in [0.2, 0.25) is 0 Å². The van der Waals surface area contributed by atoms with E-state index in [1.807, 2.05) is 0 Å². The van der Waals surface area contributed by atoms with Crippen LogP contribution in [0.25, 0.3) is 0 Å². The van der Waals surface area contributed by atoms with Crippen LogP contribution in [0.3, 0.4) is 0 Å². The summed E-state index contributed by atoms with van der Waals surface area (Å²) in [5.41, 5.74) is -1.26. The monoisotopic (exact) mass is 472 g/mol. The van der Waals surface area contributed by atoms with Crippen molar-refractivity contribution in [2.45, 2.75) is 96.2 Å². The van der Waals surface area contributed by atoms with Gasteiger partial charge in [0, 0.05) is 31.2 Å². The summed E-state index contributed by atoms with van der Waals surface area (Å²) < 4.78 is 20.9. The summed E-state index contributed by atoms with van der Waals surface area (Å²) in [6, 6.07) is 0. The van der Waals surface area contributed by atoms with Crippen LogP contribution in [-0.2, 0) is 13.6 Å². The fraction of sp³-hybridized carbons (Fsp3) is 0.810. The predicted molar refractivity (Wildman–Crippen MR) is 127 cm³/mol. The molecular weight excluding hydrogens is 432 g/mol. The first-order chi connectivity index (χ1) is 14.0. The minimum absolute atomic E-state index is 0.0389. The first kappa shape index (κ1) is 26.2. The molecule has 1 aliphatic rings. The van der Waals surface area contributed by atoms with Crippen LogP contribution in [-0.4, -0.2) is 56.2 Å². The Labute approximate surface area is 187 Å². The quantitative estimate of drug-likeness (QED) is 0.564. The highest BCUT2D eigenvalue weighted by Gasteiger charge is 2.53. The second-order valence-electron chi connectivity index (χ2n) is 11.1. The molecule has 1 unspecified atom stereocenters. The summed E-state index contributed by atoms with van der Waals surface area (Å²) in [5, 5.41) is 9.93. The maximum absolute atomic E-state index is 12.5. The molecule has 0 bridgehead atoms. The van der Waals surface area contributed by atoms with Crippen molar-refractivity contribution in [1.29, 1.82) is 0 Å². The maximum atomic E-state index is 12.5. The van der Waals surface area contributed by atoms with Crippen molar-refractivity contribution in [1.82, 2.24) is 9.55 Å². The largest absolute Gasteiger partial charge is 0.414 e. The fourth-order valence-electron chi connectivity index (χ4n) is 3.66. The van der Waals surface area contributed by atoms with Gasteiger partial charge in [-0.25, -0.2) is 4.79 Å². The van der Waals surface area contributed by atoms with Gasteiger partial charge < -0.3 is 18.7 Å². The van der Waals surface area contributed by atoms with E-state index < -0.39 is 45.8 Å². The van der Waals surface area contributed by atoms with Crippen LogP contribution in [0.4, 0.5) is 0 Å². The molecule has 0 aliphatic carbocycles. The van der Waals surface area contributed by atoms with Crippen LogP contribution in [0.1, 0.15) is 45.4 Å². The minimum Gasteiger partial charge on any atom is -0.414 e. The molecule has 1 aromatic heterocycles. The zero-order valence-corrected chi connectivity index (χ0v) is 22.5. The van der Waals surface area contributed by atoms with Crippen molar-refractivity contribution >= 4 is 16.6 Å². The van der Waals surface area contributed by atoms with E-state index in [1.54, 1.807) is 6.92 Å². The summed E-state index contributed by atoms with van der Waals surface area (Å²) in [4.78, 5) is 26.7. The number of rotatable bonds is 8. The van der Waals surface area contributed by atoms with Gasteiger partial charge in [-0.1, -0.05) is 20.8 Å². The summed E-state index contributed by atoms with van der Waals surface area (Å²) in [7, 11) is -4.08. The van der Waals surface area contributed by atoms with Crippen molar-refractivity contribution < 1.29 is 18.7 Å². The molecule has 31 heavy (non-hydrogen) atoms. The Bertz CT molecular complexity index is 884. The molecule has 2 heterocycles. The number of aryl methyl sites for hydroxylation is 1. The van der Waals surface area contributed by atoms with Gasteiger partial charge in [-0.2, -0.15) is 0 Å². The van der Waals surface area contributed by atoms with Crippen LogP contribution in [0, 0.1) is 6.92 Å². The van der Waals surface area contributed by atoms with Crippen molar-refractivity contribution in [2.75, 3.05) is 13.2 Å². The van der Waals surface area contributed by atoms with E-state index in [-0.39, 0.29) is 11.6 Å². The van der Waals surface area contributed by atoms with Crippen LogP contribution in [0.15, 0.2) is 15.8 Å². The Kier molecular flexibility index (Phi) is 7.67. The highest BCUT2D eigenvalue weighted by atomic mass is 28.4. The Morgan fingerprint density at radius 2 is 1.87 bits per heavy atom. The lowest BCUT2D eigenvalue weighted by Gasteiger charge is -2.42. The number of hydrogen-bond donors (Lipinski definition) is 2. The molecule has 0 aromatic carbocycles. The molecular formula is C21H40N2O6Si2. The number of aliphatic hydroxyl groups is 1. The molecule has 1 aromatic rings. The van der Waals surface area contributed by atoms with E-state index in [0.29, 0.717) is 25.0 Å². The molecule has 0 spiro atoms. The highest BCUT2D eigenvalue weighted by Crippen LogP contribution is 2.44. The second-order valence-corrected chi connectivity index (χ2v) is 20.3. The Balaban J connectivity index is 2.44. The molecule has 1 fully saturated rings. The van der Waals surface area contributed by atoms with Gasteiger partial charge in [0.25, 0.3) is 5.56 Å². The summed E-state index contributed by atoms with van der Waals surface area (Å²) in [5.74, 6) is 0. The lowest BCUT2D eigenvalue weighted by atomic mass is 9.91. The first-order valence-electron chi connectivity index (χ1n) is 10.9. The van der Waals surface area contributed by atoms with Gasteiger partial charge in [-0.15, -0.1) is 0 Å². The topological polar surface area (TPSA) is 103 Å². The van der Waals surface area contributed by atoms with Crippen LogP contribution in [0.5, 0.6) is 0 Å². The Morgan fingerprint density at radius 1 is 1.26 bits per heavy atom. The first-order valence-corrected chi connectivity index (χ1v) is 17.3. The molecule has 2 rings (SSSR count). The molecule has 2 N–H and O–H groups in total. The zero-order chi connectivity index (χ0) is 23.8. The van der Waals surface area contributed by atoms with Gasteiger partial charge in [0.1, 0.15) is 12.3 Å². The number of ether oxygens (including phenoxy) is 1. The van der Waals surface area contributed by atoms with Gasteiger partial charge >= 0.3 is 5.69 Å². The van der Waals surface area contributed by atoms with Crippen LogP contribution in [0.2, 0.25) is 37.8 Å². The van der Waals surface area contributed by atoms with E-state index in [0.717, 1.165) is 0 Å². The van der Waals surface area contributed by atoms with E-state index >= 15 is 0 Å². The molecule has 0 radical (unpaired) electrons. The van der Waals surface area contributed by atoms with Crippen LogP contribution >= 0.6 is 0 Å². The third-order valence-electron chi connectivity index (χ3n) is 6.33. The van der Waals surface area contributed by atoms with Crippen molar-refractivity contribution in [2.24, 2.45) is 0 Å². The van der Waals surface area contributed by atoms with E-state index in [4.69, 9.17) is 13.6 Å². The maximum Gasteiger partial charge on any atom is 0.330 e. The Morgan fingerprint density at radius 3 is 2.39 bits per heavy atom. The van der Waals surface area contributed by atoms with Gasteiger partial charge in [-0.05, 0) is 44.7 Å². The molecule has 10 heteroatoms. The Hall–Kier alpha value is -1.05. The number of aromatic nitrogens is 2. The molecule has 3 atom stereocenters. The van der Waals surface area contributed by atoms with Gasteiger partial charge in [0.05, 0.1) is 12.2 Å². The summed E-state index contributed by atoms with van der Waals surface area (Å²) in [6.07, 6.45) is 1.26. The second kappa shape index (κ2) is 9.07. The van der Waals surface area contributed by atoms with Crippen molar-refractivity contribution in [3.8, 4) is 0 Å². The number of nitrogens with zero attached hydrogens (tertiary/aromatic N) is 1. The summed E-state index contributed by atoms with van der Waals surface area (Å²) >= 11 is 0. The zero-order valence-electron chi connectivity index (χ0n) is 20.5. The highest BCUT2D eigenvalue weighted by molar-refractivity contribution is 6.74. The molecule has 0 saturated carbocycles. The number of nitrogens with one attached hydrogen (secondary N) is 1.